The summed E-state index contributed by atoms with van der Waals surface area (Å²) in [5.41, 5.74) is -0.750. The number of carbonyl (C=O) groups excluding carboxylic acids is 3. The van der Waals surface area contributed by atoms with Gasteiger partial charge in [0.25, 0.3) is 5.91 Å². The molecule has 0 aromatic rings. The van der Waals surface area contributed by atoms with Crippen LogP contribution in [0.2, 0.25) is 0 Å². The fourth-order valence-corrected chi connectivity index (χ4v) is 3.18. The largest absolute Gasteiger partial charge is 0.480 e. The third kappa shape index (κ3) is 7.41. The van der Waals surface area contributed by atoms with Crippen molar-refractivity contribution in [3.63, 3.8) is 0 Å². The molecule has 2 N–H and O–H groups in total. The van der Waals surface area contributed by atoms with Gasteiger partial charge in [0.1, 0.15) is 24.0 Å². The van der Waals surface area contributed by atoms with Crippen LogP contribution in [0.25, 0.3) is 0 Å². The average Bonchev–Trinajstić information content (AvgIpc) is 2.96. The van der Waals surface area contributed by atoms with Crippen molar-refractivity contribution in [2.24, 2.45) is 0 Å². The molecule has 160 valence electrons. The summed E-state index contributed by atoms with van der Waals surface area (Å²) in [5, 5.41) is 11.5. The number of nitrogens with one attached hydrogen (secondary N) is 1. The highest BCUT2D eigenvalue weighted by atomic mass is 19.1. The van der Waals surface area contributed by atoms with Crippen LogP contribution < -0.4 is 5.32 Å². The molecule has 0 saturated carbocycles. The topological polar surface area (TPSA) is 116 Å². The van der Waals surface area contributed by atoms with Crippen LogP contribution in [0, 0.1) is 0 Å². The van der Waals surface area contributed by atoms with Crippen molar-refractivity contribution >= 4 is 24.3 Å². The van der Waals surface area contributed by atoms with E-state index in [1.165, 1.54) is 4.90 Å². The van der Waals surface area contributed by atoms with Gasteiger partial charge in [0.2, 0.25) is 0 Å². The van der Waals surface area contributed by atoms with Gasteiger partial charge < -0.3 is 24.9 Å². The number of carboxylic acids is 1. The monoisotopic (exact) mass is 403 g/mol. The Bertz CT molecular complexity index is 580. The lowest BCUT2D eigenvalue weighted by Gasteiger charge is -2.29. The van der Waals surface area contributed by atoms with E-state index in [0.717, 1.165) is 0 Å². The highest BCUT2D eigenvalue weighted by Crippen LogP contribution is 2.25. The second kappa shape index (κ2) is 10.4. The molecule has 28 heavy (non-hydrogen) atoms. The number of amides is 2. The Hall–Kier alpha value is -2.23. The van der Waals surface area contributed by atoms with Crippen LogP contribution in [0.4, 0.5) is 9.18 Å². The van der Waals surface area contributed by atoms with Crippen molar-refractivity contribution in [3.05, 3.63) is 0 Å². The number of aliphatic carboxylic acids is 1. The molecular formula is C18H30FN3O6. The van der Waals surface area contributed by atoms with Crippen LogP contribution in [0.1, 0.15) is 40.0 Å². The number of carbonyl (C=O) groups is 4. The van der Waals surface area contributed by atoms with Crippen LogP contribution in [0.3, 0.4) is 0 Å². The highest BCUT2D eigenvalue weighted by Gasteiger charge is 2.35. The van der Waals surface area contributed by atoms with Crippen molar-refractivity contribution in [1.29, 1.82) is 0 Å². The van der Waals surface area contributed by atoms with E-state index >= 15 is 0 Å². The zero-order valence-electron chi connectivity index (χ0n) is 16.8. The molecule has 2 amide bonds. The van der Waals surface area contributed by atoms with E-state index in [0.29, 0.717) is 25.5 Å². The molecule has 0 aromatic carbocycles. The molecule has 1 aliphatic rings. The summed E-state index contributed by atoms with van der Waals surface area (Å²) in [7, 11) is 1.70. The van der Waals surface area contributed by atoms with E-state index in [1.807, 2.05) is 0 Å². The Balaban J connectivity index is 2.67. The molecule has 9 nitrogen and oxygen atoms in total. The second-order valence-corrected chi connectivity index (χ2v) is 7.90. The fraction of sp³-hybridized carbons (Fsp3) is 0.778. The van der Waals surface area contributed by atoms with E-state index in [1.54, 1.807) is 32.7 Å². The molecule has 3 unspecified atom stereocenters. The molecule has 3 atom stereocenters. The molecular weight excluding hydrogens is 373 g/mol. The smallest absolute Gasteiger partial charge is 0.408 e. The van der Waals surface area contributed by atoms with Gasteiger partial charge in [0.05, 0.1) is 0 Å². The maximum atomic E-state index is 12.9. The van der Waals surface area contributed by atoms with Gasteiger partial charge in [-0.25, -0.2) is 9.18 Å². The Morgan fingerprint density at radius 3 is 2.46 bits per heavy atom. The van der Waals surface area contributed by atoms with Crippen LogP contribution in [0.15, 0.2) is 0 Å². The first-order chi connectivity index (χ1) is 13.0. The van der Waals surface area contributed by atoms with Gasteiger partial charge in [0, 0.05) is 19.1 Å². The minimum atomic E-state index is -1.23. The van der Waals surface area contributed by atoms with Gasteiger partial charge in [0.15, 0.2) is 6.67 Å². The van der Waals surface area contributed by atoms with E-state index in [2.05, 4.69) is 5.32 Å². The summed E-state index contributed by atoms with van der Waals surface area (Å²) >= 11 is 0. The van der Waals surface area contributed by atoms with Crippen LogP contribution in [-0.2, 0) is 19.1 Å². The first-order valence-corrected chi connectivity index (χ1v) is 9.21. The molecule has 1 rings (SSSR count). The lowest BCUT2D eigenvalue weighted by Crippen LogP contribution is -2.49. The first kappa shape index (κ1) is 23.8. The minimum Gasteiger partial charge on any atom is -0.480 e. The lowest BCUT2D eigenvalue weighted by molar-refractivity contribution is -0.142. The number of hydrogen-bond acceptors (Lipinski definition) is 6. The summed E-state index contributed by atoms with van der Waals surface area (Å²) in [6, 6.07) is -1.69. The van der Waals surface area contributed by atoms with Crippen LogP contribution >= 0.6 is 0 Å². The molecule has 1 aliphatic heterocycles. The normalized spacial score (nSPS) is 21.0. The number of ether oxygens (including phenoxy) is 1. The summed E-state index contributed by atoms with van der Waals surface area (Å²) in [6.45, 7) is 3.74. The molecule has 1 heterocycles. The van der Waals surface area contributed by atoms with Crippen molar-refractivity contribution in [3.8, 4) is 0 Å². The number of rotatable bonds is 9. The van der Waals surface area contributed by atoms with Crippen molar-refractivity contribution in [1.82, 2.24) is 15.1 Å². The first-order valence-electron chi connectivity index (χ1n) is 9.21. The number of halogens is 1. The molecule has 10 heteroatoms. The van der Waals surface area contributed by atoms with Gasteiger partial charge in [-0.2, -0.15) is 0 Å². The Kier molecular flexibility index (Phi) is 8.80. The molecule has 1 fully saturated rings. The molecule has 0 radical (unpaired) electrons. The predicted octanol–water partition coefficient (Wildman–Crippen LogP) is 0.814. The molecule has 0 aliphatic carbocycles. The number of nitrogens with zero attached hydrogens (tertiary/aromatic N) is 2. The van der Waals surface area contributed by atoms with Gasteiger partial charge >= 0.3 is 12.1 Å². The number of likely N-dealkylation sites (tertiary alicyclic amines) is 1. The molecule has 0 bridgehead atoms. The minimum absolute atomic E-state index is 0.0653. The van der Waals surface area contributed by atoms with Gasteiger partial charge in [-0.15, -0.1) is 0 Å². The SMILES string of the molecule is CN1C(CCN(CC(C=O)NC(=O)OC(C)(C)C)C(=O)CF)CCC1C(=O)O. The van der Waals surface area contributed by atoms with E-state index in [4.69, 9.17) is 4.74 Å². The number of hydrogen-bond donors (Lipinski definition) is 2. The fourth-order valence-electron chi connectivity index (χ4n) is 3.18. The van der Waals surface area contributed by atoms with Crippen LogP contribution in [-0.4, -0.2) is 89.7 Å². The Morgan fingerprint density at radius 1 is 1.36 bits per heavy atom. The summed E-state index contributed by atoms with van der Waals surface area (Å²) in [6.07, 6.45) is 1.25. The Morgan fingerprint density at radius 2 is 2.00 bits per heavy atom. The lowest BCUT2D eigenvalue weighted by atomic mass is 10.1. The van der Waals surface area contributed by atoms with Crippen molar-refractivity contribution < 1.29 is 33.4 Å². The van der Waals surface area contributed by atoms with Crippen LogP contribution in [0.5, 0.6) is 0 Å². The number of aldehydes is 1. The number of carboxylic acid groups (broad SMARTS) is 1. The maximum Gasteiger partial charge on any atom is 0.408 e. The van der Waals surface area contributed by atoms with Crippen molar-refractivity contribution in [2.75, 3.05) is 26.8 Å². The quantitative estimate of drug-likeness (QED) is 0.547. The third-order valence-corrected chi connectivity index (χ3v) is 4.61. The Labute approximate surface area is 164 Å². The van der Waals surface area contributed by atoms with Gasteiger partial charge in [-0.1, -0.05) is 0 Å². The van der Waals surface area contributed by atoms with E-state index in [-0.39, 0.29) is 19.1 Å². The summed E-state index contributed by atoms with van der Waals surface area (Å²) in [5.74, 6) is -1.70. The summed E-state index contributed by atoms with van der Waals surface area (Å²) < 4.78 is 18.0. The second-order valence-electron chi connectivity index (χ2n) is 7.90. The standard InChI is InChI=1S/C18H30FN3O6/c1-18(2,3)28-17(27)20-12(11-23)10-22(15(24)9-19)8-7-13-5-6-14(16(25)26)21(13)4/h11-14H,5-10H2,1-4H3,(H,20,27)(H,25,26). The number of likely N-dealkylation sites (N-methyl/N-ethyl adjacent to an activating group) is 1. The summed E-state index contributed by atoms with van der Waals surface area (Å²) in [4.78, 5) is 49.1. The number of alkyl halides is 1. The average molecular weight is 403 g/mol. The van der Waals surface area contributed by atoms with Gasteiger partial charge in [-0.3, -0.25) is 14.5 Å². The molecule has 0 spiro atoms. The number of alkyl carbamates (subject to hydrolysis) is 1. The van der Waals surface area contributed by atoms with E-state index < -0.39 is 42.3 Å². The van der Waals surface area contributed by atoms with Crippen molar-refractivity contribution in [2.45, 2.75) is 63.8 Å². The third-order valence-electron chi connectivity index (χ3n) is 4.61. The van der Waals surface area contributed by atoms with Gasteiger partial charge in [-0.05, 0) is 47.1 Å². The highest BCUT2D eigenvalue weighted by molar-refractivity contribution is 5.79. The zero-order valence-corrected chi connectivity index (χ0v) is 16.8. The molecule has 0 aromatic heterocycles. The predicted molar refractivity (Wildman–Crippen MR) is 98.6 cm³/mol. The maximum absolute atomic E-state index is 12.9. The zero-order chi connectivity index (χ0) is 21.5. The molecule has 1 saturated heterocycles. The van der Waals surface area contributed by atoms with E-state index in [9.17, 15) is 28.7 Å².